The van der Waals surface area contributed by atoms with E-state index in [9.17, 15) is 17.2 Å². The molecule has 0 aromatic heterocycles. The summed E-state index contributed by atoms with van der Waals surface area (Å²) in [5.74, 6) is -2.22. The maximum atomic E-state index is 13.3. The van der Waals surface area contributed by atoms with Gasteiger partial charge in [0.2, 0.25) is 10.0 Å². The van der Waals surface area contributed by atoms with E-state index in [2.05, 4.69) is 16.9 Å². The summed E-state index contributed by atoms with van der Waals surface area (Å²) in [7, 11) is -3.84. The topological polar surface area (TPSA) is 50.6 Å². The van der Waals surface area contributed by atoms with E-state index in [1.807, 2.05) is 18.2 Å². The number of quaternary nitrogens is 1. The van der Waals surface area contributed by atoms with Crippen molar-refractivity contribution in [3.8, 4) is 0 Å². The van der Waals surface area contributed by atoms with E-state index >= 15 is 0 Å². The van der Waals surface area contributed by atoms with Gasteiger partial charge in [-0.2, -0.15) is 0 Å². The van der Waals surface area contributed by atoms with Gasteiger partial charge in [-0.05, 0) is 18.2 Å². The average molecular weight is 367 g/mol. The summed E-state index contributed by atoms with van der Waals surface area (Å²) in [5.41, 5.74) is 1.26. The minimum atomic E-state index is -3.84. The second kappa shape index (κ2) is 7.59. The summed E-state index contributed by atoms with van der Waals surface area (Å²) in [4.78, 5) is 1.17. The van der Waals surface area contributed by atoms with Gasteiger partial charge in [0.1, 0.15) is 6.54 Å². The number of benzene rings is 2. The van der Waals surface area contributed by atoms with Crippen LogP contribution >= 0.6 is 0 Å². The second-order valence-electron chi connectivity index (χ2n) is 6.38. The van der Waals surface area contributed by atoms with Crippen LogP contribution in [0.25, 0.3) is 0 Å². The fourth-order valence-electron chi connectivity index (χ4n) is 3.14. The van der Waals surface area contributed by atoms with Gasteiger partial charge in [0.15, 0.2) is 11.6 Å². The summed E-state index contributed by atoms with van der Waals surface area (Å²) in [6, 6.07) is 12.6. The maximum absolute atomic E-state index is 13.3. The van der Waals surface area contributed by atoms with Gasteiger partial charge in [-0.15, -0.1) is 0 Å². The van der Waals surface area contributed by atoms with E-state index in [-0.39, 0.29) is 10.9 Å². The third-order valence-corrected chi connectivity index (χ3v) is 6.03. The van der Waals surface area contributed by atoms with Crippen LogP contribution < -0.4 is 9.62 Å². The highest BCUT2D eigenvalue weighted by molar-refractivity contribution is 7.89. The van der Waals surface area contributed by atoms with E-state index < -0.39 is 21.7 Å². The lowest BCUT2D eigenvalue weighted by atomic mass is 10.1. The Kier molecular flexibility index (Phi) is 5.46. The van der Waals surface area contributed by atoms with E-state index in [1.54, 1.807) is 0 Å². The number of hydrogen-bond acceptors (Lipinski definition) is 2. The lowest BCUT2D eigenvalue weighted by Gasteiger charge is -2.29. The summed E-state index contributed by atoms with van der Waals surface area (Å²) in [6.07, 6.45) is 1.43. The Morgan fingerprint density at radius 1 is 1.00 bits per heavy atom. The predicted octanol–water partition coefficient (Wildman–Crippen LogP) is 1.49. The number of halogens is 2. The first-order valence-corrected chi connectivity index (χ1v) is 9.77. The molecule has 0 saturated carbocycles. The highest BCUT2D eigenvalue weighted by atomic mass is 32.2. The van der Waals surface area contributed by atoms with Crippen LogP contribution in [-0.4, -0.2) is 27.5 Å². The lowest BCUT2D eigenvalue weighted by molar-refractivity contribution is -0.918. The van der Waals surface area contributed by atoms with Gasteiger partial charge < -0.3 is 4.90 Å². The zero-order valence-corrected chi connectivity index (χ0v) is 14.5. The molecule has 1 saturated heterocycles. The molecule has 7 heteroatoms. The van der Waals surface area contributed by atoms with Gasteiger partial charge in [0, 0.05) is 24.4 Å². The van der Waals surface area contributed by atoms with Crippen LogP contribution in [0.15, 0.2) is 53.4 Å². The van der Waals surface area contributed by atoms with Crippen molar-refractivity contribution in [3.63, 3.8) is 0 Å². The normalized spacial score (nSPS) is 21.2. The average Bonchev–Trinajstić information content (AvgIpc) is 2.60. The minimum Gasteiger partial charge on any atom is -0.331 e. The zero-order chi connectivity index (χ0) is 17.9. The Morgan fingerprint density at radius 3 is 2.32 bits per heavy atom. The highest BCUT2D eigenvalue weighted by Gasteiger charge is 2.27. The Morgan fingerprint density at radius 2 is 1.68 bits per heavy atom. The second-order valence-corrected chi connectivity index (χ2v) is 8.10. The Bertz CT molecular complexity index is 820. The molecule has 3 rings (SSSR count). The van der Waals surface area contributed by atoms with Crippen molar-refractivity contribution in [2.24, 2.45) is 0 Å². The smallest absolute Gasteiger partial charge is 0.240 e. The van der Waals surface area contributed by atoms with Crippen molar-refractivity contribution in [1.82, 2.24) is 4.72 Å². The monoisotopic (exact) mass is 367 g/mol. The number of rotatable bonds is 5. The molecule has 2 aromatic rings. The molecule has 0 radical (unpaired) electrons. The van der Waals surface area contributed by atoms with Crippen molar-refractivity contribution in [1.29, 1.82) is 0 Å². The largest absolute Gasteiger partial charge is 0.331 e. The molecule has 0 atom stereocenters. The Labute approximate surface area is 146 Å². The van der Waals surface area contributed by atoms with Gasteiger partial charge in [-0.25, -0.2) is 21.9 Å². The fourth-order valence-corrected chi connectivity index (χ4v) is 4.45. The summed E-state index contributed by atoms with van der Waals surface area (Å²) < 4.78 is 53.5. The van der Waals surface area contributed by atoms with Crippen molar-refractivity contribution < 1.29 is 22.1 Å². The molecule has 1 aliphatic heterocycles. The summed E-state index contributed by atoms with van der Waals surface area (Å²) in [5, 5.41) is 0. The molecule has 1 fully saturated rings. The number of likely N-dealkylation sites (tertiary alicyclic amines) is 1. The van der Waals surface area contributed by atoms with Crippen molar-refractivity contribution in [2.75, 3.05) is 13.1 Å². The third-order valence-electron chi connectivity index (χ3n) is 4.51. The molecule has 0 unspecified atom stereocenters. The number of hydrogen-bond donors (Lipinski definition) is 2. The fraction of sp³-hybridized carbons (Fsp3) is 0.333. The van der Waals surface area contributed by atoms with Gasteiger partial charge in [-0.1, -0.05) is 30.3 Å². The van der Waals surface area contributed by atoms with E-state index in [0.29, 0.717) is 18.9 Å². The Balaban J connectivity index is 1.57. The molecule has 2 N–H and O–H groups in total. The van der Waals surface area contributed by atoms with Gasteiger partial charge >= 0.3 is 0 Å². The SMILES string of the molecule is O=S(=O)(NC1CC[NH+](Cc2ccccc2)CC1)c1ccc(F)c(F)c1. The molecule has 134 valence electrons. The number of piperidine rings is 1. The van der Waals surface area contributed by atoms with Crippen LogP contribution in [0.2, 0.25) is 0 Å². The van der Waals surface area contributed by atoms with Crippen LogP contribution in [0.3, 0.4) is 0 Å². The van der Waals surface area contributed by atoms with E-state index in [1.165, 1.54) is 10.5 Å². The van der Waals surface area contributed by atoms with Crippen LogP contribution in [0.1, 0.15) is 18.4 Å². The zero-order valence-electron chi connectivity index (χ0n) is 13.7. The first kappa shape index (κ1) is 18.0. The van der Waals surface area contributed by atoms with Gasteiger partial charge in [0.25, 0.3) is 0 Å². The molecular weight excluding hydrogens is 346 g/mol. The molecular formula is C18H21F2N2O2S+. The molecule has 25 heavy (non-hydrogen) atoms. The molecule has 0 aliphatic carbocycles. The molecule has 1 heterocycles. The highest BCUT2D eigenvalue weighted by Crippen LogP contribution is 2.15. The van der Waals surface area contributed by atoms with Crippen molar-refractivity contribution in [3.05, 3.63) is 65.7 Å². The predicted molar refractivity (Wildman–Crippen MR) is 90.5 cm³/mol. The summed E-state index contributed by atoms with van der Waals surface area (Å²) in [6.45, 7) is 2.64. The van der Waals surface area contributed by atoms with Crippen molar-refractivity contribution in [2.45, 2.75) is 30.3 Å². The summed E-state index contributed by atoms with van der Waals surface area (Å²) >= 11 is 0. The van der Waals surface area contributed by atoms with Crippen LogP contribution in [-0.2, 0) is 16.6 Å². The van der Waals surface area contributed by atoms with Crippen LogP contribution in [0.4, 0.5) is 8.78 Å². The lowest BCUT2D eigenvalue weighted by Crippen LogP contribution is -3.12. The third kappa shape index (κ3) is 4.62. The first-order valence-electron chi connectivity index (χ1n) is 8.29. The van der Waals surface area contributed by atoms with E-state index in [0.717, 1.165) is 31.8 Å². The van der Waals surface area contributed by atoms with Gasteiger partial charge in [0.05, 0.1) is 18.0 Å². The van der Waals surface area contributed by atoms with Crippen LogP contribution in [0, 0.1) is 11.6 Å². The standard InChI is InChI=1S/C18H20F2N2O2S/c19-17-7-6-16(12-18(17)20)25(23,24)21-15-8-10-22(11-9-15)13-14-4-2-1-3-5-14/h1-7,12,15,21H,8-11,13H2/p+1. The molecule has 2 aromatic carbocycles. The number of sulfonamides is 1. The van der Waals surface area contributed by atoms with Crippen LogP contribution in [0.5, 0.6) is 0 Å². The molecule has 4 nitrogen and oxygen atoms in total. The van der Waals surface area contributed by atoms with E-state index in [4.69, 9.17) is 0 Å². The molecule has 0 bridgehead atoms. The molecule has 0 spiro atoms. The first-order chi connectivity index (χ1) is 11.9. The number of nitrogens with one attached hydrogen (secondary N) is 2. The minimum absolute atomic E-state index is 0.183. The molecule has 0 amide bonds. The Hall–Kier alpha value is -1.83. The quantitative estimate of drug-likeness (QED) is 0.841. The van der Waals surface area contributed by atoms with Crippen molar-refractivity contribution >= 4 is 10.0 Å². The maximum Gasteiger partial charge on any atom is 0.240 e. The molecule has 1 aliphatic rings. The van der Waals surface area contributed by atoms with Gasteiger partial charge in [-0.3, -0.25) is 0 Å².